The van der Waals surface area contributed by atoms with Gasteiger partial charge >= 0.3 is 0 Å². The predicted molar refractivity (Wildman–Crippen MR) is 110 cm³/mol. The first-order chi connectivity index (χ1) is 14.0. The average Bonchev–Trinajstić information content (AvgIpc) is 3.21. The summed E-state index contributed by atoms with van der Waals surface area (Å²) in [6, 6.07) is 7.45. The van der Waals surface area contributed by atoms with E-state index in [0.717, 1.165) is 45.4 Å². The smallest absolute Gasteiger partial charge is 0.258 e. The molecule has 29 heavy (non-hydrogen) atoms. The van der Waals surface area contributed by atoms with Crippen molar-refractivity contribution in [2.24, 2.45) is 17.3 Å². The van der Waals surface area contributed by atoms with Crippen molar-refractivity contribution in [2.75, 3.05) is 26.2 Å². The number of hydrogen-bond donors (Lipinski definition) is 2. The molecular weight excluding hydrogens is 366 g/mol. The molecule has 1 aromatic rings. The second-order valence-corrected chi connectivity index (χ2v) is 9.64. The zero-order valence-electron chi connectivity index (χ0n) is 17.2. The Morgan fingerprint density at radius 3 is 2.90 bits per heavy atom. The van der Waals surface area contributed by atoms with E-state index >= 15 is 0 Å². The van der Waals surface area contributed by atoms with Crippen LogP contribution in [0, 0.1) is 17.3 Å². The molecule has 2 amide bonds. The minimum Gasteiger partial charge on any atom is -0.467 e. The van der Waals surface area contributed by atoms with Gasteiger partial charge in [-0.3, -0.25) is 9.59 Å². The van der Waals surface area contributed by atoms with E-state index in [-0.39, 0.29) is 29.1 Å². The molecule has 6 rings (SSSR count). The number of carbonyl (C=O) groups is 2. The maximum atomic E-state index is 13.0. The number of nitrogens with one attached hydrogen (secondary N) is 2. The highest BCUT2D eigenvalue weighted by Crippen LogP contribution is 2.58. The van der Waals surface area contributed by atoms with Gasteiger partial charge in [-0.25, -0.2) is 0 Å². The van der Waals surface area contributed by atoms with Gasteiger partial charge in [-0.05, 0) is 62.7 Å². The summed E-state index contributed by atoms with van der Waals surface area (Å²) in [7, 11) is 0. The maximum absolute atomic E-state index is 13.0. The first kappa shape index (κ1) is 18.9. The van der Waals surface area contributed by atoms with Crippen LogP contribution in [0.4, 0.5) is 0 Å². The summed E-state index contributed by atoms with van der Waals surface area (Å²) in [6.45, 7) is 6.17. The minimum atomic E-state index is -0.676. The normalized spacial score (nSPS) is 35.8. The molecule has 1 aromatic carbocycles. The van der Waals surface area contributed by atoms with E-state index in [1.54, 1.807) is 6.07 Å². The summed E-state index contributed by atoms with van der Waals surface area (Å²) in [6.07, 6.45) is 5.99. The number of hydrogen-bond acceptors (Lipinski definition) is 4. The topological polar surface area (TPSA) is 70.7 Å². The lowest BCUT2D eigenvalue weighted by Gasteiger charge is -2.59. The first-order valence-corrected chi connectivity index (χ1v) is 11.1. The summed E-state index contributed by atoms with van der Waals surface area (Å²) >= 11 is 0. The van der Waals surface area contributed by atoms with Crippen molar-refractivity contribution >= 4 is 11.8 Å². The third kappa shape index (κ3) is 3.21. The molecule has 2 N–H and O–H groups in total. The molecule has 6 nitrogen and oxygen atoms in total. The van der Waals surface area contributed by atoms with Crippen molar-refractivity contribution < 1.29 is 14.3 Å². The lowest BCUT2D eigenvalue weighted by molar-refractivity contribution is -0.167. The monoisotopic (exact) mass is 397 g/mol. The lowest BCUT2D eigenvalue weighted by atomic mass is 9.52. The summed E-state index contributed by atoms with van der Waals surface area (Å²) in [5, 5.41) is 6.38. The summed E-state index contributed by atoms with van der Waals surface area (Å²) in [5.74, 6) is 0.932. The first-order valence-electron chi connectivity index (χ1n) is 11.1. The van der Waals surface area contributed by atoms with E-state index in [1.807, 2.05) is 18.2 Å². The third-order valence-electron chi connectivity index (χ3n) is 7.74. The number of amides is 2. The Balaban J connectivity index is 1.28. The van der Waals surface area contributed by atoms with Crippen LogP contribution in [0.15, 0.2) is 24.3 Å². The Morgan fingerprint density at radius 2 is 2.10 bits per heavy atom. The van der Waals surface area contributed by atoms with Crippen molar-refractivity contribution in [1.29, 1.82) is 0 Å². The van der Waals surface area contributed by atoms with Crippen LogP contribution in [-0.2, 0) is 4.79 Å². The second kappa shape index (κ2) is 7.01. The van der Waals surface area contributed by atoms with Crippen LogP contribution >= 0.6 is 0 Å². The molecule has 2 aliphatic heterocycles. The fourth-order valence-electron chi connectivity index (χ4n) is 6.12. The zero-order valence-corrected chi connectivity index (χ0v) is 17.2. The van der Waals surface area contributed by atoms with Crippen LogP contribution in [-0.4, -0.2) is 48.6 Å². The average molecular weight is 398 g/mol. The molecule has 6 heteroatoms. The van der Waals surface area contributed by atoms with Gasteiger partial charge in [-0.2, -0.15) is 0 Å². The molecule has 3 aliphatic carbocycles. The van der Waals surface area contributed by atoms with Crippen LogP contribution in [0.25, 0.3) is 0 Å². The van der Waals surface area contributed by atoms with Gasteiger partial charge in [-0.15, -0.1) is 0 Å². The van der Waals surface area contributed by atoms with Gasteiger partial charge in [0.1, 0.15) is 5.75 Å². The Labute approximate surface area is 172 Å². The van der Waals surface area contributed by atoms with Crippen molar-refractivity contribution in [2.45, 2.75) is 51.2 Å². The molecule has 1 spiro atoms. The fraction of sp³-hybridized carbons (Fsp3) is 0.652. The Morgan fingerprint density at radius 1 is 1.31 bits per heavy atom. The van der Waals surface area contributed by atoms with Crippen molar-refractivity contribution in [3.8, 4) is 5.75 Å². The van der Waals surface area contributed by atoms with E-state index in [0.29, 0.717) is 17.7 Å². The summed E-state index contributed by atoms with van der Waals surface area (Å²) in [5.41, 5.74) is -0.238. The van der Waals surface area contributed by atoms with Gasteiger partial charge in [0.25, 0.3) is 5.91 Å². The van der Waals surface area contributed by atoms with E-state index in [1.165, 1.54) is 12.8 Å². The molecule has 4 fully saturated rings. The summed E-state index contributed by atoms with van der Waals surface area (Å²) < 4.78 is 6.44. The molecule has 156 valence electrons. The van der Waals surface area contributed by atoms with Crippen molar-refractivity contribution in [3.05, 3.63) is 29.8 Å². The molecule has 1 saturated heterocycles. The number of nitrogens with zero attached hydrogens (tertiary/aromatic N) is 1. The standard InChI is InChI=1S/C23H31N3O3/c1-22-9-8-16(14-18(22)21(28)24-10-13-26-11-4-5-12-26)23(15-22)25-20(27)17-6-2-3-7-19(17)29-23/h2-3,6-7,16,18H,4-5,8-15H2,1H3,(H,24,28)(H,25,27). The molecular formula is C23H31N3O3. The van der Waals surface area contributed by atoms with Crippen LogP contribution in [0.5, 0.6) is 5.75 Å². The molecule has 2 heterocycles. The molecule has 3 saturated carbocycles. The Kier molecular flexibility index (Phi) is 4.57. The van der Waals surface area contributed by atoms with E-state index in [2.05, 4.69) is 22.5 Å². The third-order valence-corrected chi connectivity index (χ3v) is 7.74. The largest absolute Gasteiger partial charge is 0.467 e. The van der Waals surface area contributed by atoms with Gasteiger partial charge < -0.3 is 20.3 Å². The number of carbonyl (C=O) groups excluding carboxylic acids is 2. The second-order valence-electron chi connectivity index (χ2n) is 9.64. The highest BCUT2D eigenvalue weighted by Gasteiger charge is 2.61. The van der Waals surface area contributed by atoms with Crippen LogP contribution in [0.2, 0.25) is 0 Å². The minimum absolute atomic E-state index is 0.0110. The van der Waals surface area contributed by atoms with Gasteiger partial charge in [0.05, 0.1) is 5.56 Å². The van der Waals surface area contributed by atoms with Gasteiger partial charge in [0.2, 0.25) is 5.91 Å². The molecule has 4 atom stereocenters. The van der Waals surface area contributed by atoms with Gasteiger partial charge in [0.15, 0.2) is 5.72 Å². The van der Waals surface area contributed by atoms with Crippen LogP contribution in [0.3, 0.4) is 0 Å². The Bertz CT molecular complexity index is 821. The van der Waals surface area contributed by atoms with Crippen molar-refractivity contribution in [1.82, 2.24) is 15.5 Å². The number of likely N-dealkylation sites (tertiary alicyclic amines) is 1. The van der Waals surface area contributed by atoms with E-state index in [4.69, 9.17) is 4.74 Å². The van der Waals surface area contributed by atoms with Crippen LogP contribution in [0.1, 0.15) is 55.8 Å². The SMILES string of the molecule is CC12CCC(CC1C(=O)NCCN1CCCC1)C1(C2)NC(=O)c2ccccc2O1. The number of ether oxygens (including phenoxy) is 1. The Hall–Kier alpha value is -2.08. The molecule has 0 radical (unpaired) electrons. The maximum Gasteiger partial charge on any atom is 0.258 e. The zero-order chi connectivity index (χ0) is 20.1. The molecule has 5 aliphatic rings. The summed E-state index contributed by atoms with van der Waals surface area (Å²) in [4.78, 5) is 28.2. The molecule has 4 unspecified atom stereocenters. The number of benzene rings is 1. The highest BCUT2D eigenvalue weighted by molar-refractivity contribution is 5.98. The number of fused-ring (bicyclic) bond motifs is 3. The predicted octanol–water partition coefficient (Wildman–Crippen LogP) is 2.54. The molecule has 0 aromatic heterocycles. The van der Waals surface area contributed by atoms with E-state index in [9.17, 15) is 9.59 Å². The number of rotatable bonds is 4. The van der Waals surface area contributed by atoms with Crippen molar-refractivity contribution in [3.63, 3.8) is 0 Å². The van der Waals surface area contributed by atoms with Gasteiger partial charge in [0, 0.05) is 31.3 Å². The molecule has 2 bridgehead atoms. The van der Waals surface area contributed by atoms with Gasteiger partial charge in [-0.1, -0.05) is 19.1 Å². The highest BCUT2D eigenvalue weighted by atomic mass is 16.5. The number of para-hydroxylation sites is 1. The van der Waals surface area contributed by atoms with E-state index < -0.39 is 5.72 Å². The quantitative estimate of drug-likeness (QED) is 0.819. The fourth-order valence-corrected chi connectivity index (χ4v) is 6.12. The van der Waals surface area contributed by atoms with Crippen LogP contribution < -0.4 is 15.4 Å². The lowest BCUT2D eigenvalue weighted by Crippen LogP contribution is -2.69.